The molecule has 4 heterocycles. The van der Waals surface area contributed by atoms with Gasteiger partial charge >= 0.3 is 0 Å². The lowest BCUT2D eigenvalue weighted by Crippen LogP contribution is -2.35. The van der Waals surface area contributed by atoms with Gasteiger partial charge in [-0.3, -0.25) is 0 Å². The predicted molar refractivity (Wildman–Crippen MR) is 276 cm³/mol. The maximum absolute atomic E-state index is 11.9. The molecule has 79 heavy (non-hydrogen) atoms. The first-order valence-electron chi connectivity index (χ1n) is 27.0. The SMILES string of the molecule is COC(C)/C=C/C(O)OC(C)/C(=C\C(O)OC(C)/C=C/C(O)OC(C)/C(OC1CCC(CO)CO1)=C(\OC1CCC(CO)O1)C(O)OC(C)/C=C/C(O)OC(C)/C(=C\C(O)OC)OC1CCC(CO)CO1)OC1CCC(CO)O1. The Labute approximate surface area is 463 Å². The maximum Gasteiger partial charge on any atom is 0.218 e. The number of hydrogen-bond acceptors (Lipinski definition) is 25. The summed E-state index contributed by atoms with van der Waals surface area (Å²) in [5.41, 5.74) is 0. The van der Waals surface area contributed by atoms with Crippen LogP contribution < -0.4 is 0 Å². The van der Waals surface area contributed by atoms with Crippen LogP contribution in [0, 0.1) is 11.8 Å². The largest absolute Gasteiger partial charge is 0.467 e. The fourth-order valence-corrected chi connectivity index (χ4v) is 8.30. The summed E-state index contributed by atoms with van der Waals surface area (Å²) in [6.07, 6.45) is -4.61. The molecule has 0 bridgehead atoms. The molecule has 4 aliphatic rings. The Balaban J connectivity index is 1.52. The zero-order valence-electron chi connectivity index (χ0n) is 46.7. The number of hydrogen-bond donors (Lipinski definition) is 10. The van der Waals surface area contributed by atoms with Crippen molar-refractivity contribution in [2.24, 2.45) is 11.8 Å². The summed E-state index contributed by atoms with van der Waals surface area (Å²) in [5.74, 6) is -0.467. The molecule has 0 aromatic heterocycles. The molecule has 4 saturated heterocycles. The molecule has 0 aromatic carbocycles. The molecule has 0 aromatic rings. The van der Waals surface area contributed by atoms with Crippen molar-refractivity contribution in [3.05, 3.63) is 71.6 Å². The summed E-state index contributed by atoms with van der Waals surface area (Å²) in [4.78, 5) is 0. The molecule has 0 spiro atoms. The topological polar surface area (TPSA) is 341 Å². The number of aliphatic hydroxyl groups is 10. The fraction of sp³-hybridized carbons (Fsp3) is 0.778. The predicted octanol–water partition coefficient (Wildman–Crippen LogP) is 1.80. The minimum absolute atomic E-state index is 0.0247. The van der Waals surface area contributed by atoms with E-state index >= 15 is 0 Å². The Kier molecular flexibility index (Phi) is 31.5. The number of ether oxygens (including phenoxy) is 15. The van der Waals surface area contributed by atoms with Gasteiger partial charge in [-0.2, -0.15) is 0 Å². The third-order valence-corrected chi connectivity index (χ3v) is 13.0. The Hall–Kier alpha value is -3.20. The number of methoxy groups -OCH3 is 2. The average molecular weight is 1140 g/mol. The zero-order chi connectivity index (χ0) is 58.0. The van der Waals surface area contributed by atoms with Gasteiger partial charge in [0.1, 0.15) is 29.8 Å². The summed E-state index contributed by atoms with van der Waals surface area (Å²) < 4.78 is 87.2. The molecule has 4 fully saturated rings. The van der Waals surface area contributed by atoms with Crippen LogP contribution in [-0.2, 0) is 71.1 Å². The Morgan fingerprint density at radius 1 is 0.418 bits per heavy atom. The second-order valence-electron chi connectivity index (χ2n) is 19.7. The Bertz CT molecular complexity index is 1870. The van der Waals surface area contributed by atoms with Crippen molar-refractivity contribution in [3.8, 4) is 0 Å². The van der Waals surface area contributed by atoms with Gasteiger partial charge < -0.3 is 122 Å². The van der Waals surface area contributed by atoms with E-state index in [0.717, 1.165) is 0 Å². The summed E-state index contributed by atoms with van der Waals surface area (Å²) in [6.45, 7) is 9.39. The van der Waals surface area contributed by atoms with Gasteiger partial charge in [0.15, 0.2) is 68.1 Å². The van der Waals surface area contributed by atoms with E-state index in [-0.39, 0.29) is 80.6 Å². The quantitative estimate of drug-likeness (QED) is 0.0243. The second-order valence-corrected chi connectivity index (χ2v) is 19.7. The monoisotopic (exact) mass is 1140 g/mol. The van der Waals surface area contributed by atoms with Crippen molar-refractivity contribution in [2.45, 2.75) is 205 Å². The first-order chi connectivity index (χ1) is 37.7. The molecule has 4 aliphatic heterocycles. The van der Waals surface area contributed by atoms with Gasteiger partial charge in [0, 0.05) is 77.1 Å². The molecule has 0 saturated carbocycles. The number of rotatable bonds is 36. The average Bonchev–Trinajstić information content (AvgIpc) is 4.11. The molecule has 4 rings (SSSR count). The standard InChI is InChI=1S/C54H90O25/c1-31(65-7)9-16-43(59)72-35(5)42(77-50-21-14-39(27-57)74-50)24-47(63)69-32(2)10-17-45(61)73-36(6)52(78-49-20-13-38(26-56)30-68-49)53(79-51-22-15-40(28-58)75-51)54(64)70-33(3)11-18-44(60)71-34(4)41(23-46(62)66-8)76-48-19-12-37(25-55)29-67-48/h9-11,16-18,23-24,31-40,43-51,54-64H,12-15,19-22,25-30H2,1-8H3/b16-9+,17-10+,18-11+,41-23+,42-24+,53-52+. The summed E-state index contributed by atoms with van der Waals surface area (Å²) in [5, 5.41) is 105. The van der Waals surface area contributed by atoms with Crippen LogP contribution in [0.25, 0.3) is 0 Å². The third kappa shape index (κ3) is 25.0. The molecule has 20 unspecified atom stereocenters. The second kappa shape index (κ2) is 36.4. The lowest BCUT2D eigenvalue weighted by Gasteiger charge is -2.33. The molecule has 20 atom stereocenters. The lowest BCUT2D eigenvalue weighted by molar-refractivity contribution is -0.200. The van der Waals surface area contributed by atoms with Crippen molar-refractivity contribution in [3.63, 3.8) is 0 Å². The third-order valence-electron chi connectivity index (χ3n) is 13.0. The lowest BCUT2D eigenvalue weighted by atomic mass is 10.0. The molecule has 25 heteroatoms. The van der Waals surface area contributed by atoms with E-state index in [1.54, 1.807) is 40.7 Å². The van der Waals surface area contributed by atoms with Crippen LogP contribution in [0.4, 0.5) is 0 Å². The van der Waals surface area contributed by atoms with E-state index in [2.05, 4.69) is 0 Å². The van der Waals surface area contributed by atoms with E-state index in [4.69, 9.17) is 71.1 Å². The van der Waals surface area contributed by atoms with Crippen LogP contribution in [0.3, 0.4) is 0 Å². The molecular weight excluding hydrogens is 1050 g/mol. The maximum atomic E-state index is 11.9. The first kappa shape index (κ1) is 68.3. The van der Waals surface area contributed by atoms with Crippen LogP contribution in [0.1, 0.15) is 92.9 Å². The molecule has 456 valence electrons. The molecule has 10 N–H and O–H groups in total. The van der Waals surface area contributed by atoms with Gasteiger partial charge in [-0.1, -0.05) is 18.2 Å². The Morgan fingerprint density at radius 3 is 1.28 bits per heavy atom. The van der Waals surface area contributed by atoms with Crippen LogP contribution in [0.2, 0.25) is 0 Å². The summed E-state index contributed by atoms with van der Waals surface area (Å²) >= 11 is 0. The highest BCUT2D eigenvalue weighted by atomic mass is 16.7. The molecule has 0 radical (unpaired) electrons. The molecule has 0 aliphatic carbocycles. The summed E-state index contributed by atoms with van der Waals surface area (Å²) in [7, 11) is 2.81. The van der Waals surface area contributed by atoms with E-state index in [1.807, 2.05) is 0 Å². The van der Waals surface area contributed by atoms with Crippen LogP contribution in [-0.4, -0.2) is 217 Å². The van der Waals surface area contributed by atoms with Gasteiger partial charge in [0.25, 0.3) is 0 Å². The van der Waals surface area contributed by atoms with E-state index < -0.39 is 106 Å². The molecule has 25 nitrogen and oxygen atoms in total. The van der Waals surface area contributed by atoms with E-state index in [9.17, 15) is 51.1 Å². The normalized spacial score (nSPS) is 29.6. The van der Waals surface area contributed by atoms with Gasteiger partial charge in [0.05, 0.1) is 56.9 Å². The van der Waals surface area contributed by atoms with Crippen LogP contribution >= 0.6 is 0 Å². The zero-order valence-corrected chi connectivity index (χ0v) is 46.7. The van der Waals surface area contributed by atoms with E-state index in [0.29, 0.717) is 51.4 Å². The van der Waals surface area contributed by atoms with Crippen LogP contribution in [0.5, 0.6) is 0 Å². The minimum atomic E-state index is -1.92. The van der Waals surface area contributed by atoms with Crippen molar-refractivity contribution in [1.82, 2.24) is 0 Å². The minimum Gasteiger partial charge on any atom is -0.467 e. The first-order valence-corrected chi connectivity index (χ1v) is 27.0. The van der Waals surface area contributed by atoms with Crippen molar-refractivity contribution in [1.29, 1.82) is 0 Å². The van der Waals surface area contributed by atoms with E-state index in [1.165, 1.54) is 63.7 Å². The van der Waals surface area contributed by atoms with Crippen LogP contribution in [0.15, 0.2) is 71.6 Å². The van der Waals surface area contributed by atoms with Crippen molar-refractivity contribution < 1.29 is 122 Å². The number of aliphatic hydroxyl groups excluding tert-OH is 10. The molecular formula is C54H90O25. The van der Waals surface area contributed by atoms with Gasteiger partial charge in [-0.05, 0) is 85.5 Å². The highest BCUT2D eigenvalue weighted by Gasteiger charge is 2.36. The van der Waals surface area contributed by atoms with Crippen molar-refractivity contribution >= 4 is 0 Å². The highest BCUT2D eigenvalue weighted by Crippen LogP contribution is 2.32. The summed E-state index contributed by atoms with van der Waals surface area (Å²) in [6, 6.07) is 0. The van der Waals surface area contributed by atoms with Crippen molar-refractivity contribution in [2.75, 3.05) is 53.9 Å². The van der Waals surface area contributed by atoms with Gasteiger partial charge in [-0.25, -0.2) is 0 Å². The smallest absolute Gasteiger partial charge is 0.218 e. The Morgan fingerprint density at radius 2 is 0.835 bits per heavy atom. The highest BCUT2D eigenvalue weighted by molar-refractivity contribution is 5.11. The van der Waals surface area contributed by atoms with Gasteiger partial charge in [0.2, 0.25) is 6.29 Å². The van der Waals surface area contributed by atoms with Gasteiger partial charge in [-0.15, -0.1) is 0 Å². The fourth-order valence-electron chi connectivity index (χ4n) is 8.30. The molecule has 0 amide bonds.